The second kappa shape index (κ2) is 13.9. The van der Waals surface area contributed by atoms with Crippen LogP contribution >= 0.6 is 34.7 Å². The molecule has 3 aromatic rings. The van der Waals surface area contributed by atoms with Gasteiger partial charge in [0.1, 0.15) is 32.7 Å². The molecule has 0 unspecified atom stereocenters. The van der Waals surface area contributed by atoms with Crippen molar-refractivity contribution in [2.24, 2.45) is 5.16 Å². The van der Waals surface area contributed by atoms with Crippen LogP contribution < -0.4 is 20.9 Å². The molecule has 3 atom stereocenters. The lowest BCUT2D eigenvalue weighted by molar-refractivity contribution is -0.663. The van der Waals surface area contributed by atoms with Crippen molar-refractivity contribution in [3.8, 4) is 0 Å². The van der Waals surface area contributed by atoms with Gasteiger partial charge in [0.2, 0.25) is 11.6 Å². The maximum absolute atomic E-state index is 13.4. The first-order valence-electron chi connectivity index (χ1n) is 13.8. The van der Waals surface area contributed by atoms with E-state index in [1.165, 1.54) is 25.8 Å². The largest absolute Gasteiger partial charge is 0.478 e. The molecule has 2 aliphatic heterocycles. The lowest BCUT2D eigenvalue weighted by Crippen LogP contribution is -2.71. The molecule has 0 radical (unpaired) electrons. The van der Waals surface area contributed by atoms with Gasteiger partial charge in [0.15, 0.2) is 23.6 Å². The van der Waals surface area contributed by atoms with Crippen LogP contribution in [-0.4, -0.2) is 97.1 Å². The molecule has 5 heterocycles. The highest BCUT2D eigenvalue weighted by Gasteiger charge is 2.55. The summed E-state index contributed by atoms with van der Waals surface area (Å²) in [6, 6.07) is 4.45. The van der Waals surface area contributed by atoms with Crippen LogP contribution in [0.5, 0.6) is 0 Å². The van der Waals surface area contributed by atoms with Crippen LogP contribution in [0.25, 0.3) is 11.0 Å². The highest BCUT2D eigenvalue weighted by atomic mass is 35.5. The number of β-lactam (4-membered cyclic amide) rings is 1. The Hall–Kier alpha value is -4.88. The first-order chi connectivity index (χ1) is 22.4. The average molecular weight is 708 g/mol. The monoisotopic (exact) mass is 707 g/mol. The van der Waals surface area contributed by atoms with Crippen LogP contribution in [0.4, 0.5) is 9.93 Å². The standard InChI is InChI=1S/C27H27ClN8O9S2/c1-12(24(39)40)45-33-17(16-20(28)47-26(29)32-16)21(37)31-18-22(38)36-19(25(41)42)13(11-46-23(18)36)10-35-7-3-4-14-15(35)5-8-34(14)9-6-30-27(43)44-2/h3-5,7-8,12,18,23H,6,9-11H2,1-2H3,(H5-,29,30,31,32,37,39,40,41,42,43)/p+1/t12-,18+,23+/m0/s1. The zero-order valence-electron chi connectivity index (χ0n) is 24.7. The summed E-state index contributed by atoms with van der Waals surface area (Å²) in [6.45, 7) is 2.17. The minimum absolute atomic E-state index is 0.00924. The number of thiazole rings is 1. The SMILES string of the molecule is COC(=O)NCCn1ccc2c1ccc[n+]2CC1=C(C(=O)O)N2C(=O)[C@@H](NC(=O)C(=NO[C@@H](C)C(=O)O)c3nc(N)sc3Cl)[C@H]2SC1. The van der Waals surface area contributed by atoms with E-state index >= 15 is 0 Å². The summed E-state index contributed by atoms with van der Waals surface area (Å²) in [5.41, 5.74) is 6.99. The average Bonchev–Trinajstić information content (AvgIpc) is 3.61. The molecule has 248 valence electrons. The number of nitrogens with two attached hydrogens (primary N) is 1. The molecule has 6 N–H and O–H groups in total. The number of nitrogen functional groups attached to an aromatic ring is 1. The number of halogens is 1. The molecule has 3 amide bonds. The number of amides is 3. The summed E-state index contributed by atoms with van der Waals surface area (Å²) < 4.78 is 8.38. The fraction of sp³-hybridized carbons (Fsp3) is 0.333. The molecule has 1 fully saturated rings. The van der Waals surface area contributed by atoms with Crippen molar-refractivity contribution in [2.75, 3.05) is 25.1 Å². The van der Waals surface area contributed by atoms with Crippen LogP contribution in [0.3, 0.4) is 0 Å². The summed E-state index contributed by atoms with van der Waals surface area (Å²) in [5.74, 6) is -4.02. The van der Waals surface area contributed by atoms with E-state index in [0.29, 0.717) is 18.7 Å². The molecule has 5 rings (SSSR count). The van der Waals surface area contributed by atoms with Gasteiger partial charge in [0, 0.05) is 42.7 Å². The summed E-state index contributed by atoms with van der Waals surface area (Å²) in [6.07, 6.45) is 1.69. The molecule has 47 heavy (non-hydrogen) atoms. The molecule has 2 aliphatic rings. The Morgan fingerprint density at radius 2 is 2.06 bits per heavy atom. The number of pyridine rings is 1. The number of hydrogen-bond acceptors (Lipinski definition) is 12. The Kier molecular flexibility index (Phi) is 9.87. The van der Waals surface area contributed by atoms with Crippen molar-refractivity contribution in [2.45, 2.75) is 37.5 Å². The minimum Gasteiger partial charge on any atom is -0.478 e. The maximum Gasteiger partial charge on any atom is 0.406 e. The van der Waals surface area contributed by atoms with E-state index in [9.17, 15) is 29.1 Å². The van der Waals surface area contributed by atoms with Crippen LogP contribution in [0.2, 0.25) is 4.34 Å². The number of aliphatic carboxylic acids is 2. The predicted molar refractivity (Wildman–Crippen MR) is 168 cm³/mol. The first-order valence-corrected chi connectivity index (χ1v) is 16.0. The summed E-state index contributed by atoms with van der Waals surface area (Å²) in [5, 5.41) is 27.4. The summed E-state index contributed by atoms with van der Waals surface area (Å²) in [7, 11) is 1.28. The van der Waals surface area contributed by atoms with Gasteiger partial charge in [-0.05, 0) is 13.0 Å². The zero-order valence-corrected chi connectivity index (χ0v) is 27.1. The Bertz CT molecular complexity index is 1840. The lowest BCUT2D eigenvalue weighted by atomic mass is 10.0. The lowest BCUT2D eigenvalue weighted by Gasteiger charge is -2.49. The third-order valence-corrected chi connectivity index (χ3v) is 9.63. The Labute approximate surface area is 278 Å². The number of oxime groups is 1. The van der Waals surface area contributed by atoms with Crippen molar-refractivity contribution < 1.29 is 48.3 Å². The third-order valence-electron chi connectivity index (χ3n) is 7.21. The van der Waals surface area contributed by atoms with E-state index < -0.39 is 53.1 Å². The molecule has 0 aromatic carbocycles. The van der Waals surface area contributed by atoms with Crippen molar-refractivity contribution in [1.82, 2.24) is 25.1 Å². The molecule has 3 aromatic heterocycles. The highest BCUT2D eigenvalue weighted by Crippen LogP contribution is 2.40. The van der Waals surface area contributed by atoms with Crippen molar-refractivity contribution in [3.63, 3.8) is 0 Å². The number of carboxylic acids is 2. The van der Waals surface area contributed by atoms with Gasteiger partial charge in [-0.25, -0.2) is 19.4 Å². The van der Waals surface area contributed by atoms with E-state index in [2.05, 4.69) is 25.5 Å². The Balaban J connectivity index is 1.35. The zero-order chi connectivity index (χ0) is 34.0. The summed E-state index contributed by atoms with van der Waals surface area (Å²) >= 11 is 8.29. The number of nitrogens with zero attached hydrogens (tertiary/aromatic N) is 5. The maximum atomic E-state index is 13.4. The van der Waals surface area contributed by atoms with Crippen LogP contribution in [0.1, 0.15) is 12.6 Å². The van der Waals surface area contributed by atoms with Gasteiger partial charge in [-0.1, -0.05) is 28.1 Å². The molecule has 0 spiro atoms. The highest BCUT2D eigenvalue weighted by molar-refractivity contribution is 8.00. The van der Waals surface area contributed by atoms with Gasteiger partial charge in [0.25, 0.3) is 11.8 Å². The number of carbonyl (C=O) groups excluding carboxylic acids is 3. The third kappa shape index (κ3) is 6.81. The van der Waals surface area contributed by atoms with E-state index in [1.807, 2.05) is 33.5 Å². The molecule has 1 saturated heterocycles. The van der Waals surface area contributed by atoms with E-state index in [4.69, 9.17) is 27.3 Å². The topological polar surface area (TPSA) is 232 Å². The number of methoxy groups -OCH3 is 1. The van der Waals surface area contributed by atoms with Crippen LogP contribution in [0.15, 0.2) is 47.0 Å². The minimum atomic E-state index is -1.42. The fourth-order valence-corrected chi connectivity index (χ4v) is 7.22. The first kappa shape index (κ1) is 33.5. The summed E-state index contributed by atoms with van der Waals surface area (Å²) in [4.78, 5) is 71.8. The molecular formula is C27H28ClN8O9S2+. The smallest absolute Gasteiger partial charge is 0.406 e. The molecular weight excluding hydrogens is 680 g/mol. The van der Waals surface area contributed by atoms with Crippen LogP contribution in [0, 0.1) is 0 Å². The second-order valence-corrected chi connectivity index (χ2v) is 12.9. The molecule has 0 bridgehead atoms. The van der Waals surface area contributed by atoms with E-state index in [1.54, 1.807) is 6.20 Å². The Morgan fingerprint density at radius 3 is 2.72 bits per heavy atom. The van der Waals surface area contributed by atoms with Gasteiger partial charge in [-0.3, -0.25) is 14.5 Å². The van der Waals surface area contributed by atoms with Crippen molar-refractivity contribution >= 4 is 86.4 Å². The van der Waals surface area contributed by atoms with Crippen LogP contribution in [-0.2, 0) is 41.8 Å². The van der Waals surface area contributed by atoms with Gasteiger partial charge < -0.3 is 40.7 Å². The number of rotatable bonds is 12. The van der Waals surface area contributed by atoms with E-state index in [-0.39, 0.29) is 33.2 Å². The quantitative estimate of drug-likeness (QED) is 0.0754. The van der Waals surface area contributed by atoms with Crippen molar-refractivity contribution in [3.05, 3.63) is 51.9 Å². The number of thioether (sulfide) groups is 1. The Morgan fingerprint density at radius 1 is 1.30 bits per heavy atom. The predicted octanol–water partition coefficient (Wildman–Crippen LogP) is 0.610. The number of alkyl carbamates (subject to hydrolysis) is 1. The molecule has 0 aliphatic carbocycles. The number of nitrogens with one attached hydrogen (secondary N) is 2. The second-order valence-electron chi connectivity index (χ2n) is 10.2. The number of carboxylic acid groups (broad SMARTS) is 2. The fourth-order valence-electron chi connectivity index (χ4n) is 4.95. The van der Waals surface area contributed by atoms with Crippen molar-refractivity contribution in [1.29, 1.82) is 0 Å². The number of carbonyl (C=O) groups is 5. The number of ether oxygens (including phenoxy) is 1. The van der Waals surface area contributed by atoms with Gasteiger partial charge in [-0.15, -0.1) is 11.8 Å². The van der Waals surface area contributed by atoms with Gasteiger partial charge in [-0.2, -0.15) is 4.57 Å². The number of hydrogen-bond donors (Lipinski definition) is 5. The number of aromatic nitrogens is 3. The number of fused-ring (bicyclic) bond motifs is 2. The molecule has 17 nitrogen and oxygen atoms in total. The van der Waals surface area contributed by atoms with Gasteiger partial charge in [0.05, 0.1) is 7.11 Å². The molecule has 20 heteroatoms. The normalized spacial score (nSPS) is 18.3. The van der Waals surface area contributed by atoms with E-state index in [0.717, 1.165) is 27.3 Å². The van der Waals surface area contributed by atoms with Gasteiger partial charge >= 0.3 is 18.0 Å². The number of anilines is 1. The molecule has 0 saturated carbocycles.